The maximum absolute atomic E-state index is 14.0. The summed E-state index contributed by atoms with van der Waals surface area (Å²) >= 11 is 0. The van der Waals surface area contributed by atoms with E-state index in [4.69, 9.17) is 0 Å². The number of hydrogen-bond donors (Lipinski definition) is 1. The van der Waals surface area contributed by atoms with Crippen molar-refractivity contribution in [3.8, 4) is 11.1 Å². The van der Waals surface area contributed by atoms with Gasteiger partial charge in [-0.1, -0.05) is 19.1 Å². The number of halogens is 2. The number of pyridine rings is 1. The molecule has 0 aliphatic heterocycles. The third-order valence-corrected chi connectivity index (χ3v) is 3.82. The number of benzene rings is 1. The molecule has 0 radical (unpaired) electrons. The van der Waals surface area contributed by atoms with Crippen molar-refractivity contribution in [2.24, 2.45) is 7.05 Å². The Bertz CT molecular complexity index is 919. The smallest absolute Gasteiger partial charge is 0.256 e. The van der Waals surface area contributed by atoms with Crippen LogP contribution in [0.15, 0.2) is 42.7 Å². The Morgan fingerprint density at radius 3 is 2.56 bits per heavy atom. The molecule has 1 aromatic carbocycles. The molecule has 0 spiro atoms. The molecule has 0 aliphatic rings. The third-order valence-electron chi connectivity index (χ3n) is 3.82. The van der Waals surface area contributed by atoms with Gasteiger partial charge in [-0.2, -0.15) is 9.49 Å². The molecule has 2 aromatic heterocycles. The van der Waals surface area contributed by atoms with E-state index in [1.807, 2.05) is 19.1 Å². The van der Waals surface area contributed by atoms with E-state index in [2.05, 4.69) is 15.4 Å². The van der Waals surface area contributed by atoms with Gasteiger partial charge in [0.1, 0.15) is 0 Å². The Labute approximate surface area is 143 Å². The van der Waals surface area contributed by atoms with Crippen LogP contribution in [0.25, 0.3) is 11.1 Å². The van der Waals surface area contributed by atoms with Gasteiger partial charge >= 0.3 is 0 Å². The van der Waals surface area contributed by atoms with Crippen LogP contribution < -0.4 is 5.32 Å². The first-order valence-corrected chi connectivity index (χ1v) is 7.74. The number of nitrogens with zero attached hydrogens (tertiary/aromatic N) is 3. The van der Waals surface area contributed by atoms with Gasteiger partial charge in [0, 0.05) is 36.1 Å². The number of nitrogens with one attached hydrogen (secondary N) is 1. The summed E-state index contributed by atoms with van der Waals surface area (Å²) in [5.41, 5.74) is 1.83. The van der Waals surface area contributed by atoms with Gasteiger partial charge in [0.2, 0.25) is 5.95 Å². The number of aryl methyl sites for hydroxylation is 2. The third kappa shape index (κ3) is 3.40. The Morgan fingerprint density at radius 1 is 1.16 bits per heavy atom. The lowest BCUT2D eigenvalue weighted by molar-refractivity contribution is 0.102. The van der Waals surface area contributed by atoms with E-state index >= 15 is 0 Å². The standard InChI is InChI=1S/C18H16F2N4O/c1-3-11-4-6-12(7-5-11)18(25)22-17-14(10-24(2)23-17)13-8-9-21-16(20)15(13)19/h4-10H,3H2,1-2H3,(H,22,23,25). The van der Waals surface area contributed by atoms with E-state index in [1.165, 1.54) is 16.9 Å². The first kappa shape index (κ1) is 16.8. The molecule has 0 atom stereocenters. The quantitative estimate of drug-likeness (QED) is 0.737. The molecule has 1 N–H and O–H groups in total. The summed E-state index contributed by atoms with van der Waals surface area (Å²) in [6.45, 7) is 2.03. The second kappa shape index (κ2) is 6.80. The van der Waals surface area contributed by atoms with Crippen molar-refractivity contribution in [2.45, 2.75) is 13.3 Å². The number of carbonyl (C=O) groups is 1. The Morgan fingerprint density at radius 2 is 1.88 bits per heavy atom. The molecule has 0 unspecified atom stereocenters. The molecule has 0 saturated carbocycles. The molecule has 0 bridgehead atoms. The van der Waals surface area contributed by atoms with Crippen LogP contribution in [-0.4, -0.2) is 20.7 Å². The van der Waals surface area contributed by atoms with E-state index in [-0.39, 0.29) is 22.9 Å². The lowest BCUT2D eigenvalue weighted by Gasteiger charge is -2.07. The molecule has 3 aromatic rings. The van der Waals surface area contributed by atoms with E-state index in [9.17, 15) is 13.6 Å². The van der Waals surface area contributed by atoms with Crippen LogP contribution in [0.5, 0.6) is 0 Å². The molecule has 25 heavy (non-hydrogen) atoms. The van der Waals surface area contributed by atoms with Gasteiger partial charge in [-0.15, -0.1) is 0 Å². The summed E-state index contributed by atoms with van der Waals surface area (Å²) in [6, 6.07) is 8.49. The summed E-state index contributed by atoms with van der Waals surface area (Å²) in [5.74, 6) is -2.51. The van der Waals surface area contributed by atoms with Crippen molar-refractivity contribution in [3.05, 3.63) is 65.6 Å². The SMILES string of the molecule is CCc1ccc(C(=O)Nc2nn(C)cc2-c2ccnc(F)c2F)cc1. The van der Waals surface area contributed by atoms with Crippen molar-refractivity contribution in [1.82, 2.24) is 14.8 Å². The minimum atomic E-state index is -1.20. The fraction of sp³-hybridized carbons (Fsp3) is 0.167. The van der Waals surface area contributed by atoms with Crippen molar-refractivity contribution in [1.29, 1.82) is 0 Å². The molecule has 0 aliphatic carbocycles. The van der Waals surface area contributed by atoms with E-state index in [0.717, 1.165) is 18.2 Å². The van der Waals surface area contributed by atoms with Crippen LogP contribution in [0, 0.1) is 11.8 Å². The Balaban J connectivity index is 1.93. The Kier molecular flexibility index (Phi) is 4.56. The zero-order valence-corrected chi connectivity index (χ0v) is 13.8. The van der Waals surface area contributed by atoms with Crippen LogP contribution >= 0.6 is 0 Å². The van der Waals surface area contributed by atoms with E-state index in [0.29, 0.717) is 5.56 Å². The maximum atomic E-state index is 14.0. The van der Waals surface area contributed by atoms with Crippen LogP contribution in [0.4, 0.5) is 14.6 Å². The molecule has 0 fully saturated rings. The zero-order chi connectivity index (χ0) is 18.0. The highest BCUT2D eigenvalue weighted by molar-refractivity contribution is 6.05. The average Bonchev–Trinajstić information content (AvgIpc) is 2.97. The number of rotatable bonds is 4. The largest absolute Gasteiger partial charge is 0.305 e. The minimum Gasteiger partial charge on any atom is -0.305 e. The van der Waals surface area contributed by atoms with Gasteiger partial charge in [0.25, 0.3) is 5.91 Å². The molecule has 1 amide bonds. The molecule has 5 nitrogen and oxygen atoms in total. The summed E-state index contributed by atoms with van der Waals surface area (Å²) < 4.78 is 28.9. The van der Waals surface area contributed by atoms with Crippen molar-refractivity contribution in [2.75, 3.05) is 5.32 Å². The van der Waals surface area contributed by atoms with Gasteiger partial charge in [0.05, 0.1) is 0 Å². The molecule has 3 rings (SSSR count). The van der Waals surface area contributed by atoms with Crippen molar-refractivity contribution >= 4 is 11.7 Å². The van der Waals surface area contributed by atoms with Gasteiger partial charge in [-0.25, -0.2) is 9.37 Å². The number of amides is 1. The van der Waals surface area contributed by atoms with E-state index < -0.39 is 11.8 Å². The number of aromatic nitrogens is 3. The van der Waals surface area contributed by atoms with Crippen LogP contribution in [-0.2, 0) is 13.5 Å². The first-order valence-electron chi connectivity index (χ1n) is 7.74. The average molecular weight is 342 g/mol. The topological polar surface area (TPSA) is 59.8 Å². The number of hydrogen-bond acceptors (Lipinski definition) is 3. The highest BCUT2D eigenvalue weighted by atomic mass is 19.2. The predicted molar refractivity (Wildman–Crippen MR) is 90.1 cm³/mol. The molecule has 0 saturated heterocycles. The summed E-state index contributed by atoms with van der Waals surface area (Å²) in [4.78, 5) is 15.7. The maximum Gasteiger partial charge on any atom is 0.256 e. The summed E-state index contributed by atoms with van der Waals surface area (Å²) in [7, 11) is 1.63. The fourth-order valence-corrected chi connectivity index (χ4v) is 2.48. The van der Waals surface area contributed by atoms with Gasteiger partial charge in [0.15, 0.2) is 11.6 Å². The highest BCUT2D eigenvalue weighted by Gasteiger charge is 2.19. The van der Waals surface area contributed by atoms with Gasteiger partial charge in [-0.3, -0.25) is 9.48 Å². The molecule has 128 valence electrons. The minimum absolute atomic E-state index is 0.0165. The number of carbonyl (C=O) groups excluding carboxylic acids is 1. The lowest BCUT2D eigenvalue weighted by atomic mass is 10.1. The molecular formula is C18H16F2N4O. The molecule has 2 heterocycles. The normalized spacial score (nSPS) is 10.7. The lowest BCUT2D eigenvalue weighted by Crippen LogP contribution is -2.13. The highest BCUT2D eigenvalue weighted by Crippen LogP contribution is 2.29. The fourth-order valence-electron chi connectivity index (χ4n) is 2.48. The van der Waals surface area contributed by atoms with Crippen molar-refractivity contribution < 1.29 is 13.6 Å². The summed E-state index contributed by atoms with van der Waals surface area (Å²) in [5, 5.41) is 6.78. The molecule has 7 heteroatoms. The van der Waals surface area contributed by atoms with E-state index in [1.54, 1.807) is 19.2 Å². The van der Waals surface area contributed by atoms with Crippen LogP contribution in [0.1, 0.15) is 22.8 Å². The zero-order valence-electron chi connectivity index (χ0n) is 13.8. The molecular weight excluding hydrogens is 326 g/mol. The predicted octanol–water partition coefficient (Wildman–Crippen LogP) is 3.58. The van der Waals surface area contributed by atoms with Gasteiger partial charge in [-0.05, 0) is 30.2 Å². The summed E-state index contributed by atoms with van der Waals surface area (Å²) in [6.07, 6.45) is 3.54. The van der Waals surface area contributed by atoms with Crippen LogP contribution in [0.2, 0.25) is 0 Å². The second-order valence-corrected chi connectivity index (χ2v) is 5.53. The number of anilines is 1. The monoisotopic (exact) mass is 342 g/mol. The second-order valence-electron chi connectivity index (χ2n) is 5.53. The van der Waals surface area contributed by atoms with Gasteiger partial charge < -0.3 is 5.32 Å². The first-order chi connectivity index (χ1) is 12.0. The van der Waals surface area contributed by atoms with Crippen LogP contribution in [0.3, 0.4) is 0 Å². The van der Waals surface area contributed by atoms with Crippen molar-refractivity contribution in [3.63, 3.8) is 0 Å². The Hall–Kier alpha value is -3.09.